The fraction of sp³-hybridized carbons (Fsp3) is 0.211. The summed E-state index contributed by atoms with van der Waals surface area (Å²) in [4.78, 5) is 24.5. The lowest BCUT2D eigenvalue weighted by atomic mass is 10.1. The molecule has 134 valence electrons. The first-order chi connectivity index (χ1) is 12.4. The van der Waals surface area contributed by atoms with Crippen molar-refractivity contribution in [1.82, 2.24) is 15.5 Å². The minimum absolute atomic E-state index is 0.327. The number of hydrogen-bond acceptors (Lipinski definition) is 4. The smallest absolute Gasteiger partial charge is 0.338 e. The highest BCUT2D eigenvalue weighted by Gasteiger charge is 2.21. The third-order valence-corrected chi connectivity index (χ3v) is 4.06. The molecule has 1 aromatic heterocycles. The molecule has 2 N–H and O–H groups in total. The second-order valence-corrected chi connectivity index (χ2v) is 6.00. The predicted octanol–water partition coefficient (Wildman–Crippen LogP) is 3.12. The SMILES string of the molecule is CC(OC(=O)c1ccc2cn[nH]c2c1)C(=O)NC(C)c1ccc(F)cc1. The number of fused-ring (bicyclic) bond motifs is 1. The average Bonchev–Trinajstić information content (AvgIpc) is 3.09. The van der Waals surface area contributed by atoms with Crippen molar-refractivity contribution in [3.63, 3.8) is 0 Å². The van der Waals surface area contributed by atoms with Gasteiger partial charge in [-0.15, -0.1) is 0 Å². The molecule has 0 fully saturated rings. The van der Waals surface area contributed by atoms with Crippen LogP contribution >= 0.6 is 0 Å². The van der Waals surface area contributed by atoms with Crippen molar-refractivity contribution in [2.24, 2.45) is 0 Å². The summed E-state index contributed by atoms with van der Waals surface area (Å²) >= 11 is 0. The Morgan fingerprint density at radius 1 is 1.15 bits per heavy atom. The van der Waals surface area contributed by atoms with Gasteiger partial charge in [-0.2, -0.15) is 5.10 Å². The standard InChI is InChI=1S/C19H18FN3O3/c1-11(13-5-7-16(20)8-6-13)22-18(24)12(2)26-19(25)14-3-4-15-10-21-23-17(15)9-14/h3-12H,1-2H3,(H,21,23)(H,22,24). The molecule has 2 aromatic carbocycles. The molecule has 0 aliphatic rings. The fourth-order valence-electron chi connectivity index (χ4n) is 2.51. The Morgan fingerprint density at radius 3 is 2.62 bits per heavy atom. The van der Waals surface area contributed by atoms with Gasteiger partial charge in [-0.3, -0.25) is 9.89 Å². The molecule has 0 spiro atoms. The van der Waals surface area contributed by atoms with E-state index in [2.05, 4.69) is 15.5 Å². The summed E-state index contributed by atoms with van der Waals surface area (Å²) in [6, 6.07) is 10.5. The number of aromatic amines is 1. The minimum atomic E-state index is -0.970. The fourth-order valence-corrected chi connectivity index (χ4v) is 2.51. The number of esters is 1. The van der Waals surface area contributed by atoms with E-state index >= 15 is 0 Å². The number of nitrogens with zero attached hydrogens (tertiary/aromatic N) is 1. The van der Waals surface area contributed by atoms with E-state index in [4.69, 9.17) is 4.74 Å². The average molecular weight is 355 g/mol. The Labute approximate surface area is 149 Å². The number of nitrogens with one attached hydrogen (secondary N) is 2. The molecule has 26 heavy (non-hydrogen) atoms. The number of aromatic nitrogens is 2. The van der Waals surface area contributed by atoms with Crippen LogP contribution in [0.4, 0.5) is 4.39 Å². The van der Waals surface area contributed by atoms with Crippen LogP contribution < -0.4 is 5.32 Å². The second-order valence-electron chi connectivity index (χ2n) is 6.00. The summed E-state index contributed by atoms with van der Waals surface area (Å²) in [7, 11) is 0. The molecule has 1 heterocycles. The number of benzene rings is 2. The highest BCUT2D eigenvalue weighted by atomic mass is 19.1. The van der Waals surface area contributed by atoms with Crippen LogP contribution in [0, 0.1) is 5.82 Å². The monoisotopic (exact) mass is 355 g/mol. The third-order valence-electron chi connectivity index (χ3n) is 4.06. The molecule has 3 aromatic rings. The van der Waals surface area contributed by atoms with Crippen LogP contribution in [-0.2, 0) is 9.53 Å². The second kappa shape index (κ2) is 7.35. The van der Waals surface area contributed by atoms with E-state index in [1.54, 1.807) is 43.5 Å². The number of halogens is 1. The van der Waals surface area contributed by atoms with Gasteiger partial charge in [0.15, 0.2) is 6.10 Å². The van der Waals surface area contributed by atoms with E-state index in [1.807, 2.05) is 0 Å². The first kappa shape index (κ1) is 17.6. The molecule has 3 rings (SSSR count). The van der Waals surface area contributed by atoms with Crippen LogP contribution in [0.15, 0.2) is 48.7 Å². The first-order valence-corrected chi connectivity index (χ1v) is 8.14. The summed E-state index contributed by atoms with van der Waals surface area (Å²) < 4.78 is 18.2. The van der Waals surface area contributed by atoms with Gasteiger partial charge in [0.05, 0.1) is 23.3 Å². The minimum Gasteiger partial charge on any atom is -0.449 e. The van der Waals surface area contributed by atoms with E-state index in [-0.39, 0.29) is 11.9 Å². The molecule has 0 radical (unpaired) electrons. The zero-order valence-electron chi connectivity index (χ0n) is 14.3. The lowest BCUT2D eigenvalue weighted by Crippen LogP contribution is -2.37. The Balaban J connectivity index is 1.60. The quantitative estimate of drug-likeness (QED) is 0.689. The lowest BCUT2D eigenvalue weighted by molar-refractivity contribution is -0.129. The lowest BCUT2D eigenvalue weighted by Gasteiger charge is -2.18. The number of rotatable bonds is 5. The van der Waals surface area contributed by atoms with Crippen LogP contribution in [-0.4, -0.2) is 28.2 Å². The van der Waals surface area contributed by atoms with Gasteiger partial charge in [-0.1, -0.05) is 18.2 Å². The number of amides is 1. The number of carbonyl (C=O) groups is 2. The summed E-state index contributed by atoms with van der Waals surface area (Å²) in [6.45, 7) is 3.27. The number of ether oxygens (including phenoxy) is 1. The van der Waals surface area contributed by atoms with Gasteiger partial charge in [0.1, 0.15) is 5.82 Å². The maximum atomic E-state index is 13.0. The Morgan fingerprint density at radius 2 is 1.88 bits per heavy atom. The molecule has 0 saturated heterocycles. The van der Waals surface area contributed by atoms with Gasteiger partial charge in [-0.25, -0.2) is 9.18 Å². The molecule has 0 saturated carbocycles. The molecule has 0 aliphatic heterocycles. The molecular formula is C19H18FN3O3. The summed E-state index contributed by atoms with van der Waals surface area (Å²) in [6.07, 6.45) is 0.681. The van der Waals surface area contributed by atoms with Crippen molar-refractivity contribution in [1.29, 1.82) is 0 Å². The largest absolute Gasteiger partial charge is 0.449 e. The normalized spacial score (nSPS) is 13.2. The van der Waals surface area contributed by atoms with E-state index in [0.29, 0.717) is 11.1 Å². The number of H-pyrrole nitrogens is 1. The molecular weight excluding hydrogens is 337 g/mol. The molecule has 7 heteroatoms. The third kappa shape index (κ3) is 3.88. The molecule has 6 nitrogen and oxygen atoms in total. The number of carbonyl (C=O) groups excluding carboxylic acids is 2. The maximum absolute atomic E-state index is 13.0. The summed E-state index contributed by atoms with van der Waals surface area (Å²) in [5, 5.41) is 10.3. The van der Waals surface area contributed by atoms with Crippen LogP contribution in [0.2, 0.25) is 0 Å². The van der Waals surface area contributed by atoms with E-state index in [0.717, 1.165) is 10.9 Å². The highest BCUT2D eigenvalue weighted by Crippen LogP contribution is 2.15. The van der Waals surface area contributed by atoms with Gasteiger partial charge in [0, 0.05) is 5.39 Å². The molecule has 2 unspecified atom stereocenters. The van der Waals surface area contributed by atoms with Crippen molar-refractivity contribution in [2.75, 3.05) is 0 Å². The van der Waals surface area contributed by atoms with Gasteiger partial charge >= 0.3 is 5.97 Å². The van der Waals surface area contributed by atoms with E-state index in [9.17, 15) is 14.0 Å². The topological polar surface area (TPSA) is 84.1 Å². The van der Waals surface area contributed by atoms with Crippen molar-refractivity contribution in [2.45, 2.75) is 26.0 Å². The zero-order valence-corrected chi connectivity index (χ0v) is 14.3. The van der Waals surface area contributed by atoms with Gasteiger partial charge in [0.2, 0.25) is 0 Å². The Hall–Kier alpha value is -3.22. The summed E-state index contributed by atoms with van der Waals surface area (Å²) in [5.74, 6) is -1.37. The molecule has 1 amide bonds. The summed E-state index contributed by atoms with van der Waals surface area (Å²) in [5.41, 5.74) is 1.79. The van der Waals surface area contributed by atoms with Crippen molar-refractivity contribution >= 4 is 22.8 Å². The Kier molecular flexibility index (Phi) is 4.97. The maximum Gasteiger partial charge on any atom is 0.338 e. The van der Waals surface area contributed by atoms with Gasteiger partial charge in [0.25, 0.3) is 5.91 Å². The van der Waals surface area contributed by atoms with Gasteiger partial charge < -0.3 is 10.1 Å². The van der Waals surface area contributed by atoms with E-state index < -0.39 is 18.0 Å². The Bertz CT molecular complexity index is 937. The van der Waals surface area contributed by atoms with Crippen molar-refractivity contribution in [3.05, 3.63) is 65.6 Å². The van der Waals surface area contributed by atoms with E-state index in [1.165, 1.54) is 19.1 Å². The van der Waals surface area contributed by atoms with Gasteiger partial charge in [-0.05, 0) is 43.7 Å². The first-order valence-electron chi connectivity index (χ1n) is 8.14. The molecule has 0 aliphatic carbocycles. The highest BCUT2D eigenvalue weighted by molar-refractivity contribution is 5.95. The van der Waals surface area contributed by atoms with Crippen LogP contribution in [0.3, 0.4) is 0 Å². The van der Waals surface area contributed by atoms with Crippen molar-refractivity contribution in [3.8, 4) is 0 Å². The van der Waals surface area contributed by atoms with Crippen LogP contribution in [0.1, 0.15) is 35.8 Å². The van der Waals surface area contributed by atoms with Crippen molar-refractivity contribution < 1.29 is 18.7 Å². The van der Waals surface area contributed by atoms with Crippen LogP contribution in [0.25, 0.3) is 10.9 Å². The molecule has 0 bridgehead atoms. The van der Waals surface area contributed by atoms with Crippen LogP contribution in [0.5, 0.6) is 0 Å². The number of hydrogen-bond donors (Lipinski definition) is 2. The zero-order chi connectivity index (χ0) is 18.7. The predicted molar refractivity (Wildman–Crippen MR) is 93.9 cm³/mol. The molecule has 2 atom stereocenters.